The van der Waals surface area contributed by atoms with Gasteiger partial charge in [-0.2, -0.15) is 5.10 Å². The molecule has 3 rings (SSSR count). The number of nitrogens with zero attached hydrogens (tertiary/aromatic N) is 3. The van der Waals surface area contributed by atoms with Crippen molar-refractivity contribution in [3.05, 3.63) is 45.4 Å². The number of aromatic amines is 1. The van der Waals surface area contributed by atoms with Crippen LogP contribution >= 0.6 is 35.6 Å². The van der Waals surface area contributed by atoms with E-state index in [0.29, 0.717) is 11.4 Å². The van der Waals surface area contributed by atoms with E-state index in [1.165, 1.54) is 85.7 Å². The summed E-state index contributed by atoms with van der Waals surface area (Å²) in [7, 11) is -4.74. The van der Waals surface area contributed by atoms with Gasteiger partial charge in [-0.05, 0) is 36.3 Å². The quantitative estimate of drug-likeness (QED) is 0.0988. The molecule has 1 aliphatic rings. The molecule has 0 bridgehead atoms. The largest absolute Gasteiger partial charge is 1.00 e. The first-order chi connectivity index (χ1) is 19.2. The summed E-state index contributed by atoms with van der Waals surface area (Å²) in [6, 6.07) is 7.08. The SMILES string of the molecule is CCCCCCCCCCCCCCCCC(c1n[nH]c(=S)n1N1C(=O)CSC1c1ccc(Cl)cc1)S(=O)(=O)[O-].[Na+]. The van der Waals surface area contributed by atoms with Gasteiger partial charge >= 0.3 is 29.6 Å². The number of nitrogens with one attached hydrogen (secondary N) is 1. The summed E-state index contributed by atoms with van der Waals surface area (Å²) in [6.45, 7) is 2.24. The predicted molar refractivity (Wildman–Crippen MR) is 165 cm³/mol. The molecule has 1 fully saturated rings. The normalized spacial score (nSPS) is 16.2. The van der Waals surface area contributed by atoms with Crippen molar-refractivity contribution in [3.63, 3.8) is 0 Å². The van der Waals surface area contributed by atoms with Gasteiger partial charge < -0.3 is 4.55 Å². The van der Waals surface area contributed by atoms with Crippen LogP contribution in [0, 0.1) is 4.77 Å². The summed E-state index contributed by atoms with van der Waals surface area (Å²) in [5, 5.41) is 6.85. The number of carbonyl (C=O) groups is 1. The van der Waals surface area contributed by atoms with E-state index in [1.54, 1.807) is 12.1 Å². The molecule has 41 heavy (non-hydrogen) atoms. The van der Waals surface area contributed by atoms with Crippen LogP contribution < -0.4 is 34.6 Å². The smallest absolute Gasteiger partial charge is 0.747 e. The average molecular weight is 653 g/mol. The van der Waals surface area contributed by atoms with Crippen LogP contribution in [0.5, 0.6) is 0 Å². The number of H-pyrrole nitrogens is 1. The van der Waals surface area contributed by atoms with Gasteiger partial charge in [-0.3, -0.25) is 9.89 Å². The minimum atomic E-state index is -4.74. The van der Waals surface area contributed by atoms with Crippen LogP contribution in [0.25, 0.3) is 0 Å². The number of hydrogen-bond acceptors (Lipinski definition) is 7. The Morgan fingerprint density at radius 3 is 2.02 bits per heavy atom. The third kappa shape index (κ3) is 11.6. The van der Waals surface area contributed by atoms with Gasteiger partial charge in [0.2, 0.25) is 4.77 Å². The number of benzene rings is 1. The molecule has 0 aliphatic carbocycles. The fraction of sp³-hybridized carbons (Fsp3) is 0.679. The molecule has 0 radical (unpaired) electrons. The Bertz CT molecular complexity index is 1220. The number of hydrogen-bond donors (Lipinski definition) is 1. The Kier molecular flexibility index (Phi) is 17.1. The molecule has 2 atom stereocenters. The molecule has 224 valence electrons. The minimum Gasteiger partial charge on any atom is -0.747 e. The maximum absolute atomic E-state index is 12.9. The van der Waals surface area contributed by atoms with E-state index in [-0.39, 0.29) is 58.2 Å². The zero-order valence-corrected chi connectivity index (χ0v) is 29.6. The predicted octanol–water partition coefficient (Wildman–Crippen LogP) is 4.97. The molecule has 0 spiro atoms. The van der Waals surface area contributed by atoms with Crippen LogP contribution in [-0.4, -0.2) is 39.5 Å². The van der Waals surface area contributed by atoms with Crippen molar-refractivity contribution >= 4 is 51.6 Å². The van der Waals surface area contributed by atoms with Crippen LogP contribution in [0.3, 0.4) is 0 Å². The Morgan fingerprint density at radius 2 is 1.51 bits per heavy atom. The van der Waals surface area contributed by atoms with E-state index >= 15 is 0 Å². The average Bonchev–Trinajstić information content (AvgIpc) is 3.47. The summed E-state index contributed by atoms with van der Waals surface area (Å²) in [5.74, 6) is -0.0975. The van der Waals surface area contributed by atoms with Crippen molar-refractivity contribution in [3.8, 4) is 0 Å². The maximum Gasteiger partial charge on any atom is 1.00 e. The molecule has 0 saturated carbocycles. The van der Waals surface area contributed by atoms with Crippen molar-refractivity contribution in [1.82, 2.24) is 14.9 Å². The van der Waals surface area contributed by atoms with Gasteiger partial charge in [0.25, 0.3) is 5.91 Å². The first-order valence-electron chi connectivity index (χ1n) is 14.6. The molecule has 8 nitrogen and oxygen atoms in total. The van der Waals surface area contributed by atoms with Gasteiger partial charge in [0.05, 0.1) is 5.75 Å². The molecule has 2 heterocycles. The molecule has 1 saturated heterocycles. The van der Waals surface area contributed by atoms with Crippen LogP contribution in [-0.2, 0) is 14.9 Å². The summed E-state index contributed by atoms with van der Waals surface area (Å²) >= 11 is 12.8. The molecule has 1 amide bonds. The number of thioether (sulfide) groups is 1. The topological polar surface area (TPSA) is 111 Å². The summed E-state index contributed by atoms with van der Waals surface area (Å²) in [6.07, 6.45) is 16.7. The second-order valence-corrected chi connectivity index (χ2v) is 14.0. The van der Waals surface area contributed by atoms with Gasteiger partial charge in [-0.25, -0.2) is 18.1 Å². The molecule has 1 N–H and O–H groups in total. The fourth-order valence-corrected chi connectivity index (χ4v) is 7.50. The summed E-state index contributed by atoms with van der Waals surface area (Å²) in [4.78, 5) is 12.9. The third-order valence-corrected chi connectivity index (χ3v) is 10.2. The van der Waals surface area contributed by atoms with Crippen molar-refractivity contribution in [2.75, 3.05) is 10.8 Å². The van der Waals surface area contributed by atoms with E-state index in [1.807, 2.05) is 12.1 Å². The van der Waals surface area contributed by atoms with E-state index < -0.39 is 20.7 Å². The Labute approximate surface area is 281 Å². The van der Waals surface area contributed by atoms with Gasteiger partial charge in [0, 0.05) is 5.02 Å². The number of carbonyl (C=O) groups excluding carboxylic acids is 1. The van der Waals surface area contributed by atoms with E-state index in [9.17, 15) is 17.8 Å². The minimum absolute atomic E-state index is 0. The maximum atomic E-state index is 12.9. The van der Waals surface area contributed by atoms with Crippen LogP contribution in [0.2, 0.25) is 5.02 Å². The number of halogens is 1. The summed E-state index contributed by atoms with van der Waals surface area (Å²) < 4.78 is 38.5. The van der Waals surface area contributed by atoms with Crippen molar-refractivity contribution in [2.24, 2.45) is 0 Å². The first kappa shape index (κ1) is 36.8. The Hall–Kier alpha value is -0.400. The van der Waals surface area contributed by atoms with E-state index in [4.69, 9.17) is 23.8 Å². The number of unbranched alkanes of at least 4 members (excludes halogenated alkanes) is 13. The molecule has 1 aromatic carbocycles. The van der Waals surface area contributed by atoms with E-state index in [2.05, 4.69) is 17.1 Å². The van der Waals surface area contributed by atoms with Crippen molar-refractivity contribution in [2.45, 2.75) is 114 Å². The number of rotatable bonds is 19. The third-order valence-electron chi connectivity index (χ3n) is 7.34. The van der Waals surface area contributed by atoms with E-state index in [0.717, 1.165) is 24.8 Å². The first-order valence-corrected chi connectivity index (χ1v) is 17.9. The molecule has 2 unspecified atom stereocenters. The van der Waals surface area contributed by atoms with Gasteiger partial charge in [-0.1, -0.05) is 121 Å². The van der Waals surface area contributed by atoms with Gasteiger partial charge in [0.1, 0.15) is 20.7 Å². The van der Waals surface area contributed by atoms with Crippen LogP contribution in [0.15, 0.2) is 24.3 Å². The zero-order chi connectivity index (χ0) is 29.0. The van der Waals surface area contributed by atoms with Gasteiger partial charge in [0.15, 0.2) is 5.82 Å². The standard InChI is InChI=1S/C28H43ClN4O4S3.Na/c1-2-3-4-5-6-7-8-9-10-11-12-13-14-15-16-24(40(35,36)37)26-30-31-28(38)33(26)32-25(34)21-39-27(32)22-17-19-23(29)20-18-22;/h17-20,24,27H,2-16,21H2,1H3,(H,31,38)(H,35,36,37);/q;+1/p-1. The number of aromatic nitrogens is 3. The van der Waals surface area contributed by atoms with Crippen molar-refractivity contribution in [1.29, 1.82) is 0 Å². The molecular weight excluding hydrogens is 611 g/mol. The van der Waals surface area contributed by atoms with Gasteiger partial charge in [-0.15, -0.1) is 11.8 Å². The fourth-order valence-electron chi connectivity index (χ4n) is 5.15. The summed E-state index contributed by atoms with van der Waals surface area (Å²) in [5.41, 5.74) is 0.808. The zero-order valence-electron chi connectivity index (χ0n) is 24.4. The molecule has 1 aliphatic heterocycles. The molecule has 13 heteroatoms. The van der Waals surface area contributed by atoms with Crippen LogP contribution in [0.1, 0.15) is 125 Å². The number of amides is 1. The van der Waals surface area contributed by atoms with Crippen LogP contribution in [0.4, 0.5) is 0 Å². The Morgan fingerprint density at radius 1 is 1.00 bits per heavy atom. The molecular formula is C28H42ClN4NaO4S3. The van der Waals surface area contributed by atoms with Crippen molar-refractivity contribution < 1.29 is 47.3 Å². The monoisotopic (exact) mass is 652 g/mol. The second kappa shape index (κ2) is 19.1. The molecule has 1 aromatic heterocycles. The Balaban J connectivity index is 0.00000588. The molecule has 2 aromatic rings. The second-order valence-electron chi connectivity index (χ2n) is 10.5.